The predicted octanol–water partition coefficient (Wildman–Crippen LogP) is 4.37. The van der Waals surface area contributed by atoms with Gasteiger partial charge in [-0.05, 0) is 86.9 Å². The molecule has 4 rings (SSSR count). The van der Waals surface area contributed by atoms with Gasteiger partial charge in [-0.3, -0.25) is 14.5 Å². The summed E-state index contributed by atoms with van der Waals surface area (Å²) in [6.45, 7) is 5.19. The molecule has 1 heterocycles. The van der Waals surface area contributed by atoms with Crippen LogP contribution in [-0.2, 0) is 9.59 Å². The lowest BCUT2D eigenvalue weighted by molar-refractivity contribution is -0.124. The molecule has 2 amide bonds. The van der Waals surface area contributed by atoms with Gasteiger partial charge in [0.1, 0.15) is 17.5 Å². The summed E-state index contributed by atoms with van der Waals surface area (Å²) in [5.41, 5.74) is 1.35. The van der Waals surface area contributed by atoms with Crippen molar-refractivity contribution in [3.8, 4) is 11.5 Å². The van der Waals surface area contributed by atoms with Gasteiger partial charge in [0.25, 0.3) is 5.91 Å². The van der Waals surface area contributed by atoms with Gasteiger partial charge in [-0.25, -0.2) is 0 Å². The molecule has 0 unspecified atom stereocenters. The Hall–Kier alpha value is -3.13. The summed E-state index contributed by atoms with van der Waals surface area (Å²) in [4.78, 5) is 29.7. The molecule has 1 aliphatic heterocycles. The highest BCUT2D eigenvalue weighted by molar-refractivity contribution is 7.80. The molecule has 2 aliphatic rings. The number of rotatable bonds is 10. The maximum absolute atomic E-state index is 13.4. The van der Waals surface area contributed by atoms with Crippen LogP contribution in [0.15, 0.2) is 48.5 Å². The first-order valence-corrected chi connectivity index (χ1v) is 11.8. The Bertz CT molecular complexity index is 1010. The molecule has 0 radical (unpaired) electrons. The smallest absolute Gasteiger partial charge is 0.256 e. The number of amides is 2. The van der Waals surface area contributed by atoms with E-state index in [1.807, 2.05) is 55.1 Å². The van der Waals surface area contributed by atoms with Crippen molar-refractivity contribution in [2.45, 2.75) is 51.6 Å². The number of ether oxygens (including phenoxy) is 2. The van der Waals surface area contributed by atoms with E-state index in [2.05, 4.69) is 5.32 Å². The second-order valence-corrected chi connectivity index (χ2v) is 8.53. The lowest BCUT2D eigenvalue weighted by atomic mass is 10.1. The maximum Gasteiger partial charge on any atom is 0.256 e. The van der Waals surface area contributed by atoms with E-state index >= 15 is 0 Å². The molecule has 1 saturated carbocycles. The second kappa shape index (κ2) is 10.2. The van der Waals surface area contributed by atoms with Gasteiger partial charge in [-0.1, -0.05) is 6.92 Å². The minimum Gasteiger partial charge on any atom is -0.494 e. The molecule has 174 valence electrons. The summed E-state index contributed by atoms with van der Waals surface area (Å²) in [7, 11) is 0. The minimum atomic E-state index is -0.608. The molecule has 1 saturated heterocycles. The zero-order valence-corrected chi connectivity index (χ0v) is 19.8. The third-order valence-electron chi connectivity index (χ3n) is 5.59. The fraction of sp³-hybridized carbons (Fsp3) is 0.400. The normalized spacial score (nSPS) is 17.9. The molecular weight excluding hydrogens is 438 g/mol. The summed E-state index contributed by atoms with van der Waals surface area (Å²) in [5, 5.41) is 3.35. The van der Waals surface area contributed by atoms with Crippen LogP contribution >= 0.6 is 12.2 Å². The largest absolute Gasteiger partial charge is 0.494 e. The van der Waals surface area contributed by atoms with E-state index in [9.17, 15) is 9.59 Å². The third kappa shape index (κ3) is 5.27. The first-order chi connectivity index (χ1) is 16.0. The van der Waals surface area contributed by atoms with E-state index in [0.29, 0.717) is 29.7 Å². The van der Waals surface area contributed by atoms with Crippen molar-refractivity contribution in [2.24, 2.45) is 0 Å². The van der Waals surface area contributed by atoms with Crippen molar-refractivity contribution >= 4 is 40.5 Å². The van der Waals surface area contributed by atoms with Crippen molar-refractivity contribution in [2.75, 3.05) is 23.4 Å². The van der Waals surface area contributed by atoms with Crippen molar-refractivity contribution in [1.29, 1.82) is 0 Å². The molecule has 8 heteroatoms. The number of hydrogen-bond acceptors (Lipinski definition) is 5. The monoisotopic (exact) mass is 467 g/mol. The maximum atomic E-state index is 13.4. The van der Waals surface area contributed by atoms with Crippen molar-refractivity contribution < 1.29 is 19.1 Å². The van der Waals surface area contributed by atoms with E-state index in [-0.39, 0.29) is 24.3 Å². The summed E-state index contributed by atoms with van der Waals surface area (Å²) < 4.78 is 11.1. The number of nitrogens with one attached hydrogen (secondary N) is 1. The molecule has 0 bridgehead atoms. The highest BCUT2D eigenvalue weighted by Crippen LogP contribution is 2.37. The van der Waals surface area contributed by atoms with Gasteiger partial charge in [0.15, 0.2) is 5.11 Å². The molecule has 33 heavy (non-hydrogen) atoms. The Morgan fingerprint density at radius 2 is 1.67 bits per heavy atom. The van der Waals surface area contributed by atoms with Gasteiger partial charge in [0, 0.05) is 11.7 Å². The molecule has 7 nitrogen and oxygen atoms in total. The molecule has 1 aliphatic carbocycles. The van der Waals surface area contributed by atoms with Crippen LogP contribution in [0, 0.1) is 0 Å². The zero-order valence-electron chi connectivity index (χ0n) is 19.0. The number of carbonyl (C=O) groups is 2. The van der Waals surface area contributed by atoms with Crippen LogP contribution in [0.3, 0.4) is 0 Å². The lowest BCUT2D eigenvalue weighted by Gasteiger charge is -2.23. The number of nitrogens with zero attached hydrogens (tertiary/aromatic N) is 2. The topological polar surface area (TPSA) is 71.1 Å². The van der Waals surface area contributed by atoms with Crippen LogP contribution in [0.1, 0.15) is 39.5 Å². The number of carbonyl (C=O) groups excluding carboxylic acids is 2. The van der Waals surface area contributed by atoms with Gasteiger partial charge in [-0.15, -0.1) is 0 Å². The van der Waals surface area contributed by atoms with Gasteiger partial charge in [-0.2, -0.15) is 0 Å². The number of benzene rings is 2. The first kappa shape index (κ1) is 23.0. The van der Waals surface area contributed by atoms with E-state index < -0.39 is 6.04 Å². The van der Waals surface area contributed by atoms with Crippen LogP contribution in [-0.4, -0.2) is 47.1 Å². The predicted molar refractivity (Wildman–Crippen MR) is 132 cm³/mol. The Labute approximate surface area is 199 Å². The molecule has 2 aromatic carbocycles. The van der Waals surface area contributed by atoms with E-state index in [1.165, 1.54) is 0 Å². The fourth-order valence-electron chi connectivity index (χ4n) is 3.90. The third-order valence-corrected chi connectivity index (χ3v) is 5.98. The van der Waals surface area contributed by atoms with Crippen molar-refractivity contribution in [1.82, 2.24) is 4.90 Å². The number of hydrogen-bond donors (Lipinski definition) is 1. The van der Waals surface area contributed by atoms with Crippen LogP contribution < -0.4 is 19.7 Å². The van der Waals surface area contributed by atoms with Gasteiger partial charge >= 0.3 is 0 Å². The Balaban J connectivity index is 1.45. The number of anilines is 2. The molecule has 1 atom stereocenters. The van der Waals surface area contributed by atoms with Gasteiger partial charge in [0.2, 0.25) is 5.91 Å². The molecule has 0 spiro atoms. The molecule has 2 fully saturated rings. The van der Waals surface area contributed by atoms with E-state index in [1.54, 1.807) is 17.0 Å². The SMILES string of the molecule is CCCOc1ccc(NC(=O)C[C@H]2C(=O)N(c3ccc(OCC)cc3)C(=S)N2C2CC2)cc1. The summed E-state index contributed by atoms with van der Waals surface area (Å²) in [6, 6.07) is 14.1. The Morgan fingerprint density at radius 1 is 1.03 bits per heavy atom. The summed E-state index contributed by atoms with van der Waals surface area (Å²) >= 11 is 5.68. The molecule has 0 aromatic heterocycles. The Morgan fingerprint density at radius 3 is 2.27 bits per heavy atom. The quantitative estimate of drug-likeness (QED) is 0.524. The lowest BCUT2D eigenvalue weighted by Crippen LogP contribution is -2.39. The van der Waals surface area contributed by atoms with Crippen LogP contribution in [0.25, 0.3) is 0 Å². The minimum absolute atomic E-state index is 0.0388. The zero-order chi connectivity index (χ0) is 23.4. The highest BCUT2D eigenvalue weighted by Gasteiger charge is 2.49. The fourth-order valence-corrected chi connectivity index (χ4v) is 4.37. The number of thiocarbonyl (C=S) groups is 1. The molecule has 1 N–H and O–H groups in total. The van der Waals surface area contributed by atoms with Crippen LogP contribution in [0.5, 0.6) is 11.5 Å². The van der Waals surface area contributed by atoms with Crippen LogP contribution in [0.4, 0.5) is 11.4 Å². The average molecular weight is 468 g/mol. The first-order valence-electron chi connectivity index (χ1n) is 11.4. The standard InChI is InChI=1S/C25H29N3O4S/c1-3-15-32-21-11-5-17(6-12-21)26-23(29)16-22-24(30)28(25(33)27(22)18-7-8-18)19-9-13-20(14-10-19)31-4-2/h5-6,9-14,18,22H,3-4,7-8,15-16H2,1-2H3,(H,26,29)/t22-/m0/s1. The van der Waals surface area contributed by atoms with Crippen molar-refractivity contribution in [3.63, 3.8) is 0 Å². The van der Waals surface area contributed by atoms with E-state index in [4.69, 9.17) is 21.7 Å². The van der Waals surface area contributed by atoms with Gasteiger partial charge in [0.05, 0.1) is 25.3 Å². The summed E-state index contributed by atoms with van der Waals surface area (Å²) in [6.07, 6.45) is 2.92. The van der Waals surface area contributed by atoms with Gasteiger partial charge < -0.3 is 19.7 Å². The average Bonchev–Trinajstić information content (AvgIpc) is 3.61. The molecular formula is C25H29N3O4S. The van der Waals surface area contributed by atoms with E-state index in [0.717, 1.165) is 30.8 Å². The summed E-state index contributed by atoms with van der Waals surface area (Å²) in [5.74, 6) is 1.10. The highest BCUT2D eigenvalue weighted by atomic mass is 32.1. The molecule has 2 aromatic rings. The second-order valence-electron chi connectivity index (χ2n) is 8.16. The van der Waals surface area contributed by atoms with Crippen molar-refractivity contribution in [3.05, 3.63) is 48.5 Å². The Kier molecular flexibility index (Phi) is 7.13. The van der Waals surface area contributed by atoms with Crippen LogP contribution in [0.2, 0.25) is 0 Å².